The summed E-state index contributed by atoms with van der Waals surface area (Å²) in [5.41, 5.74) is 3.15. The summed E-state index contributed by atoms with van der Waals surface area (Å²) in [5, 5.41) is 5.02. The molecule has 0 radical (unpaired) electrons. The minimum Gasteiger partial charge on any atom is -0.392 e. The molecule has 1 aromatic rings. The van der Waals surface area contributed by atoms with Crippen LogP contribution in [0.15, 0.2) is 23.4 Å². The zero-order chi connectivity index (χ0) is 13.0. The van der Waals surface area contributed by atoms with Crippen LogP contribution in [-0.4, -0.2) is 11.8 Å². The lowest BCUT2D eigenvalue weighted by molar-refractivity contribution is 0.0329. The Morgan fingerprint density at radius 2 is 2.00 bits per heavy atom. The largest absolute Gasteiger partial charge is 0.392 e. The van der Waals surface area contributed by atoms with Gasteiger partial charge in [0.25, 0.3) is 0 Å². The lowest BCUT2D eigenvalue weighted by atomic mass is 9.98. The zero-order valence-electron chi connectivity index (χ0n) is 11.1. The average molecular weight is 266 g/mol. The fourth-order valence-corrected chi connectivity index (χ4v) is 2.53. The van der Waals surface area contributed by atoms with Gasteiger partial charge >= 0.3 is 0 Å². The van der Waals surface area contributed by atoms with E-state index >= 15 is 0 Å². The minimum absolute atomic E-state index is 0.299. The molecule has 18 heavy (non-hydrogen) atoms. The summed E-state index contributed by atoms with van der Waals surface area (Å²) in [5.74, 6) is 0. The standard InChI is InChI=1S/C15H20ClNO/c1-11-8-9-13(16)10-15(11)12(2)17-18-14-6-4-3-5-7-14/h8-10,14H,3-7H2,1-2H3/b17-12+. The number of hydrogen-bond acceptors (Lipinski definition) is 2. The van der Waals surface area contributed by atoms with Gasteiger partial charge in [-0.05, 0) is 57.2 Å². The van der Waals surface area contributed by atoms with Crippen LogP contribution in [0.5, 0.6) is 0 Å². The number of benzene rings is 1. The van der Waals surface area contributed by atoms with Crippen molar-refractivity contribution < 1.29 is 4.84 Å². The Kier molecular flexibility index (Phi) is 4.65. The maximum Gasteiger partial charge on any atom is 0.127 e. The highest BCUT2D eigenvalue weighted by Gasteiger charge is 2.14. The SMILES string of the molecule is C/C(=N\OC1CCCCC1)c1cc(Cl)ccc1C. The van der Waals surface area contributed by atoms with Gasteiger partial charge in [-0.15, -0.1) is 0 Å². The lowest BCUT2D eigenvalue weighted by Gasteiger charge is -2.19. The highest BCUT2D eigenvalue weighted by atomic mass is 35.5. The molecule has 98 valence electrons. The molecule has 0 saturated heterocycles. The van der Waals surface area contributed by atoms with Crippen LogP contribution < -0.4 is 0 Å². The maximum atomic E-state index is 6.01. The number of halogens is 1. The van der Waals surface area contributed by atoms with Crippen molar-refractivity contribution in [2.45, 2.75) is 52.1 Å². The van der Waals surface area contributed by atoms with Crippen LogP contribution in [0.4, 0.5) is 0 Å². The Hall–Kier alpha value is -1.02. The van der Waals surface area contributed by atoms with Gasteiger partial charge in [-0.25, -0.2) is 0 Å². The summed E-state index contributed by atoms with van der Waals surface area (Å²) in [6, 6.07) is 5.85. The van der Waals surface area contributed by atoms with Crippen molar-refractivity contribution in [3.63, 3.8) is 0 Å². The Morgan fingerprint density at radius 3 is 2.72 bits per heavy atom. The third-order valence-corrected chi connectivity index (χ3v) is 3.72. The summed E-state index contributed by atoms with van der Waals surface area (Å²) in [7, 11) is 0. The van der Waals surface area contributed by atoms with E-state index in [-0.39, 0.29) is 0 Å². The fourth-order valence-electron chi connectivity index (χ4n) is 2.36. The summed E-state index contributed by atoms with van der Waals surface area (Å²) >= 11 is 6.01. The Morgan fingerprint density at radius 1 is 1.28 bits per heavy atom. The van der Waals surface area contributed by atoms with Gasteiger partial charge in [0.05, 0.1) is 5.71 Å². The van der Waals surface area contributed by atoms with Crippen molar-refractivity contribution in [1.82, 2.24) is 0 Å². The Labute approximate surface area is 114 Å². The van der Waals surface area contributed by atoms with Crippen molar-refractivity contribution in [2.24, 2.45) is 5.16 Å². The van der Waals surface area contributed by atoms with Crippen LogP contribution in [0.25, 0.3) is 0 Å². The van der Waals surface area contributed by atoms with E-state index in [0.29, 0.717) is 6.10 Å². The van der Waals surface area contributed by atoms with Crippen molar-refractivity contribution >= 4 is 17.3 Å². The molecule has 0 aliphatic heterocycles. The van der Waals surface area contributed by atoms with Crippen LogP contribution in [0.1, 0.15) is 50.2 Å². The fraction of sp³-hybridized carbons (Fsp3) is 0.533. The molecule has 0 heterocycles. The van der Waals surface area contributed by atoms with Gasteiger partial charge in [-0.3, -0.25) is 0 Å². The summed E-state index contributed by atoms with van der Waals surface area (Å²) in [6.07, 6.45) is 6.41. The van der Waals surface area contributed by atoms with Gasteiger partial charge in [-0.2, -0.15) is 0 Å². The normalized spacial score (nSPS) is 17.8. The second kappa shape index (κ2) is 6.24. The van der Waals surface area contributed by atoms with E-state index in [0.717, 1.165) is 29.1 Å². The predicted molar refractivity (Wildman–Crippen MR) is 76.4 cm³/mol. The van der Waals surface area contributed by atoms with E-state index in [9.17, 15) is 0 Å². The Bertz CT molecular complexity index is 436. The van der Waals surface area contributed by atoms with Crippen LogP contribution >= 0.6 is 11.6 Å². The predicted octanol–water partition coefficient (Wildman–Crippen LogP) is 4.72. The van der Waals surface area contributed by atoms with Gasteiger partial charge in [0.2, 0.25) is 0 Å². The molecule has 0 atom stereocenters. The van der Waals surface area contributed by atoms with Gasteiger partial charge in [-0.1, -0.05) is 29.2 Å². The molecular weight excluding hydrogens is 246 g/mol. The highest BCUT2D eigenvalue weighted by molar-refractivity contribution is 6.31. The quantitative estimate of drug-likeness (QED) is 0.572. The summed E-state index contributed by atoms with van der Waals surface area (Å²) in [6.45, 7) is 4.03. The van der Waals surface area contributed by atoms with Crippen molar-refractivity contribution in [2.75, 3.05) is 0 Å². The van der Waals surface area contributed by atoms with E-state index in [4.69, 9.17) is 16.4 Å². The molecule has 1 aliphatic carbocycles. The molecule has 0 spiro atoms. The number of rotatable bonds is 3. The zero-order valence-corrected chi connectivity index (χ0v) is 11.8. The van der Waals surface area contributed by atoms with Crippen molar-refractivity contribution in [3.05, 3.63) is 34.3 Å². The molecule has 2 rings (SSSR count). The molecule has 1 aliphatic rings. The van der Waals surface area contributed by atoms with Crippen molar-refractivity contribution in [1.29, 1.82) is 0 Å². The number of aryl methyl sites for hydroxylation is 1. The molecule has 0 aromatic heterocycles. The van der Waals surface area contributed by atoms with Crippen molar-refractivity contribution in [3.8, 4) is 0 Å². The van der Waals surface area contributed by atoms with Gasteiger partial charge in [0.15, 0.2) is 0 Å². The smallest absolute Gasteiger partial charge is 0.127 e. The second-order valence-corrected chi connectivity index (χ2v) is 5.44. The minimum atomic E-state index is 0.299. The van der Waals surface area contributed by atoms with Crippen LogP contribution in [0.2, 0.25) is 5.02 Å². The van der Waals surface area contributed by atoms with E-state index in [1.807, 2.05) is 25.1 Å². The first-order chi connectivity index (χ1) is 8.66. The first-order valence-corrected chi connectivity index (χ1v) is 7.01. The van der Waals surface area contributed by atoms with E-state index in [1.54, 1.807) is 0 Å². The molecule has 0 N–H and O–H groups in total. The number of nitrogens with zero attached hydrogens (tertiary/aromatic N) is 1. The second-order valence-electron chi connectivity index (χ2n) is 5.00. The number of oxime groups is 1. The highest BCUT2D eigenvalue weighted by Crippen LogP contribution is 2.21. The van der Waals surface area contributed by atoms with E-state index in [1.165, 1.54) is 24.8 Å². The molecule has 1 fully saturated rings. The first-order valence-electron chi connectivity index (χ1n) is 6.64. The van der Waals surface area contributed by atoms with Crippen LogP contribution in [-0.2, 0) is 4.84 Å². The third kappa shape index (κ3) is 3.49. The molecule has 2 nitrogen and oxygen atoms in total. The molecular formula is C15H20ClNO. The van der Waals surface area contributed by atoms with Crippen LogP contribution in [0, 0.1) is 6.92 Å². The van der Waals surface area contributed by atoms with Gasteiger partial charge in [0.1, 0.15) is 6.10 Å². The lowest BCUT2D eigenvalue weighted by Crippen LogP contribution is -2.14. The Balaban J connectivity index is 2.05. The molecule has 3 heteroatoms. The molecule has 1 saturated carbocycles. The molecule has 1 aromatic carbocycles. The van der Waals surface area contributed by atoms with Gasteiger partial charge < -0.3 is 4.84 Å². The molecule has 0 unspecified atom stereocenters. The number of hydrogen-bond donors (Lipinski definition) is 0. The van der Waals surface area contributed by atoms with Gasteiger partial charge in [0, 0.05) is 10.6 Å². The monoisotopic (exact) mass is 265 g/mol. The summed E-state index contributed by atoms with van der Waals surface area (Å²) in [4.78, 5) is 5.64. The average Bonchev–Trinajstić information content (AvgIpc) is 2.40. The third-order valence-electron chi connectivity index (χ3n) is 3.48. The summed E-state index contributed by atoms with van der Waals surface area (Å²) < 4.78 is 0. The molecule has 0 amide bonds. The first kappa shape index (κ1) is 13.4. The van der Waals surface area contributed by atoms with Crippen LogP contribution in [0.3, 0.4) is 0 Å². The van der Waals surface area contributed by atoms with E-state index < -0.39 is 0 Å². The molecule has 0 bridgehead atoms. The maximum absolute atomic E-state index is 6.01. The topological polar surface area (TPSA) is 21.6 Å². The van der Waals surface area contributed by atoms with E-state index in [2.05, 4.69) is 12.1 Å².